The van der Waals surface area contributed by atoms with Crippen LogP contribution >= 0.6 is 0 Å². The second kappa shape index (κ2) is 12.5. The van der Waals surface area contributed by atoms with E-state index in [-0.39, 0.29) is 18.2 Å². The maximum absolute atomic E-state index is 13.9. The zero-order chi connectivity index (χ0) is 28.8. The highest BCUT2D eigenvalue weighted by atomic mass is 16.5. The lowest BCUT2D eigenvalue weighted by molar-refractivity contribution is -0.125. The number of ether oxygens (including phenoxy) is 6. The topological polar surface area (TPSA) is 105 Å². The average Bonchev–Trinajstić information content (AvgIpc) is 3.00. The van der Waals surface area contributed by atoms with Crippen LogP contribution in [0.5, 0.6) is 34.5 Å². The highest BCUT2D eigenvalue weighted by Gasteiger charge is 2.42. The van der Waals surface area contributed by atoms with E-state index >= 15 is 0 Å². The Morgan fingerprint density at radius 2 is 1.35 bits per heavy atom. The second-order valence-electron chi connectivity index (χ2n) is 9.07. The molecule has 1 fully saturated rings. The molecule has 2 unspecified atom stereocenters. The molecule has 0 bridgehead atoms. The Labute approximate surface area is 233 Å². The minimum Gasteiger partial charge on any atom is -0.497 e. The Morgan fingerprint density at radius 1 is 0.750 bits per heavy atom. The Bertz CT molecular complexity index is 1330. The Balaban J connectivity index is 1.81. The standard InChI is InChI=1S/C30H34N2O8/c1-35-20-9-7-18(8-10-20)28-22(30(34)31-23-13-11-21(36-2)17-24(23)37-3)12-14-27(33)32(28)19-15-25(38-4)29(40-6)26(16-19)39-5/h7-11,13,15-17,22,28H,12,14H2,1-6H3,(H,31,34). The number of carbonyl (C=O) groups excluding carboxylic acids is 2. The number of carbonyl (C=O) groups is 2. The van der Waals surface area contributed by atoms with Gasteiger partial charge in [-0.1, -0.05) is 12.1 Å². The van der Waals surface area contributed by atoms with Crippen LogP contribution in [0.1, 0.15) is 24.4 Å². The molecule has 40 heavy (non-hydrogen) atoms. The van der Waals surface area contributed by atoms with Gasteiger partial charge < -0.3 is 38.6 Å². The summed E-state index contributed by atoms with van der Waals surface area (Å²) in [6.45, 7) is 0. The van der Waals surface area contributed by atoms with Crippen LogP contribution in [0.15, 0.2) is 54.6 Å². The van der Waals surface area contributed by atoms with Crippen molar-refractivity contribution in [2.45, 2.75) is 18.9 Å². The summed E-state index contributed by atoms with van der Waals surface area (Å²) in [5.41, 5.74) is 1.78. The van der Waals surface area contributed by atoms with E-state index in [9.17, 15) is 9.59 Å². The maximum Gasteiger partial charge on any atom is 0.230 e. The molecule has 2 amide bonds. The number of anilines is 2. The van der Waals surface area contributed by atoms with Crippen LogP contribution in [-0.2, 0) is 9.59 Å². The van der Waals surface area contributed by atoms with Crippen molar-refractivity contribution < 1.29 is 38.0 Å². The van der Waals surface area contributed by atoms with Crippen molar-refractivity contribution in [3.05, 3.63) is 60.2 Å². The van der Waals surface area contributed by atoms with Crippen LogP contribution in [0.2, 0.25) is 0 Å². The van der Waals surface area contributed by atoms with E-state index in [0.29, 0.717) is 52.3 Å². The number of amides is 2. The molecule has 4 rings (SSSR count). The Morgan fingerprint density at radius 3 is 1.90 bits per heavy atom. The molecule has 1 aliphatic heterocycles. The summed E-state index contributed by atoms with van der Waals surface area (Å²) >= 11 is 0. The molecule has 0 radical (unpaired) electrons. The Kier molecular flexibility index (Phi) is 8.88. The van der Waals surface area contributed by atoms with Gasteiger partial charge in [0.1, 0.15) is 17.2 Å². The van der Waals surface area contributed by atoms with Gasteiger partial charge >= 0.3 is 0 Å². The van der Waals surface area contributed by atoms with E-state index in [0.717, 1.165) is 5.56 Å². The summed E-state index contributed by atoms with van der Waals surface area (Å²) in [5, 5.41) is 3.00. The van der Waals surface area contributed by atoms with Gasteiger partial charge in [0.2, 0.25) is 17.6 Å². The quantitative estimate of drug-likeness (QED) is 0.382. The lowest BCUT2D eigenvalue weighted by atomic mass is 9.83. The summed E-state index contributed by atoms with van der Waals surface area (Å²) in [6, 6.07) is 15.3. The molecule has 3 aromatic rings. The molecule has 1 heterocycles. The smallest absolute Gasteiger partial charge is 0.230 e. The highest BCUT2D eigenvalue weighted by Crippen LogP contribution is 2.46. The van der Waals surface area contributed by atoms with Crippen molar-refractivity contribution in [3.8, 4) is 34.5 Å². The highest BCUT2D eigenvalue weighted by molar-refractivity contribution is 6.01. The molecule has 10 heteroatoms. The van der Waals surface area contributed by atoms with Gasteiger partial charge in [-0.05, 0) is 36.2 Å². The monoisotopic (exact) mass is 550 g/mol. The molecule has 10 nitrogen and oxygen atoms in total. The number of benzene rings is 3. The number of hydrogen-bond acceptors (Lipinski definition) is 8. The lowest BCUT2D eigenvalue weighted by Gasteiger charge is -2.41. The molecule has 0 aliphatic carbocycles. The third kappa shape index (κ3) is 5.56. The molecular weight excluding hydrogens is 516 g/mol. The zero-order valence-corrected chi connectivity index (χ0v) is 23.5. The minimum absolute atomic E-state index is 0.138. The lowest BCUT2D eigenvalue weighted by Crippen LogP contribution is -2.47. The van der Waals surface area contributed by atoms with Crippen LogP contribution in [0.3, 0.4) is 0 Å². The summed E-state index contributed by atoms with van der Waals surface area (Å²) in [6.07, 6.45) is 0.516. The number of nitrogens with zero attached hydrogens (tertiary/aromatic N) is 1. The number of nitrogens with one attached hydrogen (secondary N) is 1. The molecule has 1 saturated heterocycles. The zero-order valence-electron chi connectivity index (χ0n) is 23.5. The van der Waals surface area contributed by atoms with Gasteiger partial charge in [-0.15, -0.1) is 0 Å². The van der Waals surface area contributed by atoms with Crippen molar-refractivity contribution in [1.29, 1.82) is 0 Å². The number of methoxy groups -OCH3 is 6. The first-order valence-electron chi connectivity index (χ1n) is 12.7. The van der Waals surface area contributed by atoms with Crippen molar-refractivity contribution in [2.24, 2.45) is 5.92 Å². The van der Waals surface area contributed by atoms with Crippen LogP contribution in [0.25, 0.3) is 0 Å². The molecule has 0 aromatic heterocycles. The molecule has 2 atom stereocenters. The van der Waals surface area contributed by atoms with Gasteiger partial charge in [-0.3, -0.25) is 9.59 Å². The second-order valence-corrected chi connectivity index (χ2v) is 9.07. The normalized spacial score (nSPS) is 16.6. The summed E-state index contributed by atoms with van der Waals surface area (Å²) in [7, 11) is 9.20. The van der Waals surface area contributed by atoms with Gasteiger partial charge in [0.05, 0.1) is 66.0 Å². The summed E-state index contributed by atoms with van der Waals surface area (Å²) < 4.78 is 32.7. The molecule has 3 aromatic carbocycles. The third-order valence-electron chi connectivity index (χ3n) is 6.99. The number of rotatable bonds is 10. The fourth-order valence-corrected chi connectivity index (χ4v) is 4.99. The fourth-order valence-electron chi connectivity index (χ4n) is 4.99. The van der Waals surface area contributed by atoms with Gasteiger partial charge in [0, 0.05) is 24.6 Å². The SMILES string of the molecule is COc1ccc(C2C(C(=O)Nc3ccc(OC)cc3OC)CCC(=O)N2c2cc(OC)c(OC)c(OC)c2)cc1. The van der Waals surface area contributed by atoms with Crippen LogP contribution < -0.4 is 38.6 Å². The summed E-state index contributed by atoms with van der Waals surface area (Å²) in [4.78, 5) is 29.1. The average molecular weight is 551 g/mol. The predicted octanol–water partition coefficient (Wildman–Crippen LogP) is 4.86. The van der Waals surface area contributed by atoms with Gasteiger partial charge in [0.15, 0.2) is 11.5 Å². The first-order chi connectivity index (χ1) is 19.4. The minimum atomic E-state index is -0.640. The fraction of sp³-hybridized carbons (Fsp3) is 0.333. The predicted molar refractivity (Wildman–Crippen MR) is 150 cm³/mol. The molecule has 212 valence electrons. The van der Waals surface area contributed by atoms with Crippen molar-refractivity contribution in [2.75, 3.05) is 52.9 Å². The van der Waals surface area contributed by atoms with E-state index in [2.05, 4.69) is 5.32 Å². The van der Waals surface area contributed by atoms with Crippen LogP contribution in [-0.4, -0.2) is 54.5 Å². The largest absolute Gasteiger partial charge is 0.497 e. The number of hydrogen-bond donors (Lipinski definition) is 1. The number of piperidine rings is 1. The van der Waals surface area contributed by atoms with Crippen LogP contribution in [0.4, 0.5) is 11.4 Å². The van der Waals surface area contributed by atoms with E-state index in [4.69, 9.17) is 28.4 Å². The van der Waals surface area contributed by atoms with E-state index in [1.807, 2.05) is 24.3 Å². The van der Waals surface area contributed by atoms with Crippen molar-refractivity contribution >= 4 is 23.2 Å². The first-order valence-corrected chi connectivity index (χ1v) is 12.7. The van der Waals surface area contributed by atoms with Gasteiger partial charge in [0.25, 0.3) is 0 Å². The molecule has 1 aliphatic rings. The van der Waals surface area contributed by atoms with Gasteiger partial charge in [-0.2, -0.15) is 0 Å². The molecule has 0 saturated carbocycles. The summed E-state index contributed by atoms with van der Waals surface area (Å²) in [5.74, 6) is 1.92. The van der Waals surface area contributed by atoms with E-state index in [1.165, 1.54) is 28.4 Å². The van der Waals surface area contributed by atoms with Gasteiger partial charge in [-0.25, -0.2) is 0 Å². The first kappa shape index (κ1) is 28.4. The van der Waals surface area contributed by atoms with Crippen LogP contribution in [0, 0.1) is 5.92 Å². The van der Waals surface area contributed by atoms with E-state index < -0.39 is 12.0 Å². The van der Waals surface area contributed by atoms with E-state index in [1.54, 1.807) is 49.5 Å². The van der Waals surface area contributed by atoms with Crippen molar-refractivity contribution in [1.82, 2.24) is 0 Å². The molecule has 0 spiro atoms. The molecular formula is C30H34N2O8. The molecule has 1 N–H and O–H groups in total. The Hall–Kier alpha value is -4.60. The maximum atomic E-state index is 13.9. The third-order valence-corrected chi connectivity index (χ3v) is 6.99. The van der Waals surface area contributed by atoms with Crippen molar-refractivity contribution in [3.63, 3.8) is 0 Å².